The van der Waals surface area contributed by atoms with Crippen LogP contribution in [0.2, 0.25) is 0 Å². The lowest BCUT2D eigenvalue weighted by molar-refractivity contribution is -0.135. The van der Waals surface area contributed by atoms with E-state index in [2.05, 4.69) is 9.98 Å². The molecule has 1 aromatic carbocycles. The van der Waals surface area contributed by atoms with Crippen molar-refractivity contribution in [3.63, 3.8) is 0 Å². The van der Waals surface area contributed by atoms with Crippen LogP contribution in [0.3, 0.4) is 0 Å². The highest BCUT2D eigenvalue weighted by Gasteiger charge is 2.11. The third kappa shape index (κ3) is 3.83. The topological polar surface area (TPSA) is 51.0 Å². The number of ether oxygens (including phenoxy) is 1. The van der Waals surface area contributed by atoms with Gasteiger partial charge >= 0.3 is 5.97 Å². The molecule has 0 aliphatic rings. The lowest BCUT2D eigenvalue weighted by Gasteiger charge is -2.03. The van der Waals surface area contributed by atoms with Gasteiger partial charge in [0.25, 0.3) is 0 Å². The zero-order valence-electron chi connectivity index (χ0n) is 10.3. The first-order valence-electron chi connectivity index (χ1n) is 5.43. The first kappa shape index (κ1) is 13.1. The molecule has 0 spiro atoms. The molecule has 4 heteroatoms. The summed E-state index contributed by atoms with van der Waals surface area (Å²) in [7, 11) is 1.52. The van der Waals surface area contributed by atoms with Crippen molar-refractivity contribution in [1.29, 1.82) is 0 Å². The van der Waals surface area contributed by atoms with Crippen LogP contribution < -0.4 is 0 Å². The highest BCUT2D eigenvalue weighted by Crippen LogP contribution is 2.02. The van der Waals surface area contributed by atoms with Crippen LogP contribution in [0.5, 0.6) is 0 Å². The number of esters is 1. The van der Waals surface area contributed by atoms with Crippen molar-refractivity contribution in [3.05, 3.63) is 35.9 Å². The van der Waals surface area contributed by atoms with Crippen molar-refractivity contribution in [2.45, 2.75) is 13.8 Å². The Bertz CT molecular complexity index is 436. The lowest BCUT2D eigenvalue weighted by atomic mass is 10.1. The van der Waals surface area contributed by atoms with E-state index in [0.717, 1.165) is 11.3 Å². The largest absolute Gasteiger partial charge is 0.460 e. The summed E-state index contributed by atoms with van der Waals surface area (Å²) >= 11 is 0. The number of carbonyl (C=O) groups is 1. The molecule has 0 saturated heterocycles. The Morgan fingerprint density at radius 1 is 1.29 bits per heavy atom. The second kappa shape index (κ2) is 6.58. The predicted octanol–water partition coefficient (Wildman–Crippen LogP) is 2.09. The van der Waals surface area contributed by atoms with E-state index in [0.29, 0.717) is 6.61 Å². The van der Waals surface area contributed by atoms with Crippen molar-refractivity contribution in [3.8, 4) is 0 Å². The van der Waals surface area contributed by atoms with Crippen LogP contribution in [-0.4, -0.2) is 31.2 Å². The number of aliphatic imine (C=N–C) groups is 2. The maximum Gasteiger partial charge on any atom is 0.375 e. The molecule has 0 bridgehead atoms. The van der Waals surface area contributed by atoms with Gasteiger partial charge in [0.15, 0.2) is 0 Å². The van der Waals surface area contributed by atoms with Gasteiger partial charge in [-0.2, -0.15) is 0 Å². The zero-order chi connectivity index (χ0) is 12.7. The molecule has 0 radical (unpaired) electrons. The number of hydrogen-bond donors (Lipinski definition) is 0. The summed E-state index contributed by atoms with van der Waals surface area (Å²) in [6.45, 7) is 3.90. The first-order chi connectivity index (χ1) is 8.19. The summed E-state index contributed by atoms with van der Waals surface area (Å²) in [5, 5.41) is 0. The van der Waals surface area contributed by atoms with Gasteiger partial charge in [-0.25, -0.2) is 9.79 Å². The molecule has 0 N–H and O–H groups in total. The minimum atomic E-state index is -0.495. The molecule has 0 fully saturated rings. The number of nitrogens with zero attached hydrogens (tertiary/aromatic N) is 2. The SMILES string of the molecule is CCOC(=O)C(=NC)N=C(C)c1ccccc1. The highest BCUT2D eigenvalue weighted by molar-refractivity contribution is 6.38. The monoisotopic (exact) mass is 232 g/mol. The predicted molar refractivity (Wildman–Crippen MR) is 68.6 cm³/mol. The van der Waals surface area contributed by atoms with Gasteiger partial charge in [0.2, 0.25) is 5.84 Å². The zero-order valence-corrected chi connectivity index (χ0v) is 10.3. The van der Waals surface area contributed by atoms with Gasteiger partial charge in [-0.1, -0.05) is 30.3 Å². The average molecular weight is 232 g/mol. The van der Waals surface area contributed by atoms with Gasteiger partial charge in [-0.15, -0.1) is 0 Å². The Hall–Kier alpha value is -1.97. The smallest absolute Gasteiger partial charge is 0.375 e. The van der Waals surface area contributed by atoms with Crippen LogP contribution in [0.4, 0.5) is 0 Å². The number of hydrogen-bond acceptors (Lipinski definition) is 3. The normalized spacial score (nSPS) is 12.4. The molecule has 4 nitrogen and oxygen atoms in total. The van der Waals surface area contributed by atoms with E-state index < -0.39 is 5.97 Å². The van der Waals surface area contributed by atoms with Crippen molar-refractivity contribution in [2.75, 3.05) is 13.7 Å². The van der Waals surface area contributed by atoms with E-state index in [-0.39, 0.29) is 5.84 Å². The quantitative estimate of drug-likeness (QED) is 0.445. The summed E-state index contributed by atoms with van der Waals surface area (Å²) < 4.78 is 4.85. The summed E-state index contributed by atoms with van der Waals surface area (Å²) in [6.07, 6.45) is 0. The number of benzene rings is 1. The molecule has 1 rings (SSSR count). The fourth-order valence-corrected chi connectivity index (χ4v) is 1.29. The summed E-state index contributed by atoms with van der Waals surface area (Å²) in [6, 6.07) is 9.62. The van der Waals surface area contributed by atoms with Crippen LogP contribution >= 0.6 is 0 Å². The number of carbonyl (C=O) groups excluding carboxylic acids is 1. The van der Waals surface area contributed by atoms with Gasteiger partial charge in [0.05, 0.1) is 6.61 Å². The molecular weight excluding hydrogens is 216 g/mol. The molecule has 0 amide bonds. The van der Waals surface area contributed by atoms with Crippen molar-refractivity contribution >= 4 is 17.5 Å². The van der Waals surface area contributed by atoms with Crippen LogP contribution in [0.25, 0.3) is 0 Å². The number of amidine groups is 1. The third-order valence-electron chi connectivity index (χ3n) is 2.13. The molecule has 0 aliphatic heterocycles. The van der Waals surface area contributed by atoms with E-state index in [4.69, 9.17) is 4.74 Å². The second-order valence-corrected chi connectivity index (χ2v) is 3.33. The molecule has 0 unspecified atom stereocenters. The van der Waals surface area contributed by atoms with Crippen LogP contribution in [-0.2, 0) is 9.53 Å². The maximum atomic E-state index is 11.5. The number of rotatable bonds is 2. The van der Waals surface area contributed by atoms with Crippen LogP contribution in [0, 0.1) is 0 Å². The standard InChI is InChI=1S/C13H16N2O2/c1-4-17-13(16)12(14-3)15-10(2)11-8-6-5-7-9-11/h5-9H,4H2,1-3H3. The van der Waals surface area contributed by atoms with Crippen molar-refractivity contribution in [1.82, 2.24) is 0 Å². The Balaban J connectivity index is 2.90. The molecule has 0 aliphatic carbocycles. The van der Waals surface area contributed by atoms with Crippen molar-refractivity contribution in [2.24, 2.45) is 9.98 Å². The second-order valence-electron chi connectivity index (χ2n) is 3.33. The fraction of sp³-hybridized carbons (Fsp3) is 0.308. The summed E-state index contributed by atoms with van der Waals surface area (Å²) in [5.41, 5.74) is 1.69. The van der Waals surface area contributed by atoms with Gasteiger partial charge < -0.3 is 4.74 Å². The lowest BCUT2D eigenvalue weighted by Crippen LogP contribution is -2.17. The minimum Gasteiger partial charge on any atom is -0.460 e. The van der Waals surface area contributed by atoms with E-state index >= 15 is 0 Å². The van der Waals surface area contributed by atoms with Crippen LogP contribution in [0.15, 0.2) is 40.3 Å². The fourth-order valence-electron chi connectivity index (χ4n) is 1.29. The summed E-state index contributed by atoms with van der Waals surface area (Å²) in [4.78, 5) is 19.5. The molecule has 0 heterocycles. The average Bonchev–Trinajstić information content (AvgIpc) is 2.37. The molecule has 0 aromatic heterocycles. The van der Waals surface area contributed by atoms with Gasteiger partial charge in [0, 0.05) is 12.8 Å². The van der Waals surface area contributed by atoms with Gasteiger partial charge in [-0.3, -0.25) is 4.99 Å². The minimum absolute atomic E-state index is 0.0909. The van der Waals surface area contributed by atoms with E-state index in [1.807, 2.05) is 37.3 Å². The van der Waals surface area contributed by atoms with Crippen molar-refractivity contribution < 1.29 is 9.53 Å². The van der Waals surface area contributed by atoms with Gasteiger partial charge in [-0.05, 0) is 19.4 Å². The Kier molecular flexibility index (Phi) is 5.07. The van der Waals surface area contributed by atoms with E-state index in [9.17, 15) is 4.79 Å². The first-order valence-corrected chi connectivity index (χ1v) is 5.43. The van der Waals surface area contributed by atoms with E-state index in [1.54, 1.807) is 6.92 Å². The summed E-state index contributed by atoms with van der Waals surface area (Å²) in [5.74, 6) is -0.404. The molecule has 90 valence electrons. The Morgan fingerprint density at radius 3 is 2.47 bits per heavy atom. The maximum absolute atomic E-state index is 11.5. The Labute approximate surface area is 101 Å². The molecular formula is C13H16N2O2. The third-order valence-corrected chi connectivity index (χ3v) is 2.13. The molecule has 0 saturated carbocycles. The van der Waals surface area contributed by atoms with Gasteiger partial charge in [0.1, 0.15) is 0 Å². The molecule has 1 aromatic rings. The molecule has 0 atom stereocenters. The highest BCUT2D eigenvalue weighted by atomic mass is 16.5. The molecule has 17 heavy (non-hydrogen) atoms. The van der Waals surface area contributed by atoms with E-state index in [1.165, 1.54) is 7.05 Å². The van der Waals surface area contributed by atoms with Crippen LogP contribution in [0.1, 0.15) is 19.4 Å². The Morgan fingerprint density at radius 2 is 1.94 bits per heavy atom.